The van der Waals surface area contributed by atoms with Gasteiger partial charge in [-0.25, -0.2) is 4.79 Å². The Labute approximate surface area is 117 Å². The molecule has 0 saturated heterocycles. The van der Waals surface area contributed by atoms with Crippen LogP contribution < -0.4 is 0 Å². The van der Waals surface area contributed by atoms with Gasteiger partial charge in [0.1, 0.15) is 0 Å². The lowest BCUT2D eigenvalue weighted by atomic mass is 10.0. The number of aromatic carboxylic acids is 1. The van der Waals surface area contributed by atoms with E-state index >= 15 is 0 Å². The van der Waals surface area contributed by atoms with Gasteiger partial charge in [0, 0.05) is 5.02 Å². The summed E-state index contributed by atoms with van der Waals surface area (Å²) >= 11 is 5.90. The molecule has 0 aliphatic heterocycles. The Kier molecular flexibility index (Phi) is 4.03. The van der Waals surface area contributed by atoms with Crippen molar-refractivity contribution in [3.05, 3.63) is 69.7 Å². The normalized spacial score (nSPS) is 10.8. The van der Waals surface area contributed by atoms with Crippen LogP contribution in [0.15, 0.2) is 42.5 Å². The van der Waals surface area contributed by atoms with E-state index in [2.05, 4.69) is 0 Å². The van der Waals surface area contributed by atoms with Gasteiger partial charge in [0.05, 0.1) is 5.56 Å². The van der Waals surface area contributed by atoms with Crippen LogP contribution in [-0.4, -0.2) is 11.1 Å². The number of carbonyl (C=O) groups is 1. The van der Waals surface area contributed by atoms with Crippen LogP contribution >= 0.6 is 11.6 Å². The van der Waals surface area contributed by atoms with Crippen LogP contribution in [-0.2, 0) is 0 Å². The number of carboxylic acid groups (broad SMARTS) is 1. The lowest BCUT2D eigenvalue weighted by molar-refractivity contribution is 0.0696. The third-order valence-corrected chi connectivity index (χ3v) is 2.98. The first-order valence-corrected chi connectivity index (χ1v) is 6.21. The Hall–Kier alpha value is -2.06. The summed E-state index contributed by atoms with van der Waals surface area (Å²) in [6, 6.07) is 12.8. The van der Waals surface area contributed by atoms with E-state index in [0.29, 0.717) is 16.1 Å². The fourth-order valence-electron chi connectivity index (χ4n) is 1.80. The summed E-state index contributed by atoms with van der Waals surface area (Å²) in [6.45, 7) is 1.87. The zero-order chi connectivity index (χ0) is 13.8. The molecule has 1 N–H and O–H groups in total. The molecule has 0 amide bonds. The third-order valence-electron chi connectivity index (χ3n) is 2.74. The lowest BCUT2D eigenvalue weighted by Crippen LogP contribution is -1.99. The van der Waals surface area contributed by atoms with Crippen LogP contribution in [0.4, 0.5) is 0 Å². The molecule has 0 unspecified atom stereocenters. The average molecular weight is 273 g/mol. The van der Waals surface area contributed by atoms with Gasteiger partial charge in [-0.2, -0.15) is 0 Å². The molecule has 0 fully saturated rings. The van der Waals surface area contributed by atoms with Crippen molar-refractivity contribution in [3.8, 4) is 0 Å². The van der Waals surface area contributed by atoms with Crippen molar-refractivity contribution in [2.24, 2.45) is 0 Å². The molecule has 0 radical (unpaired) electrons. The number of hydrogen-bond donors (Lipinski definition) is 1. The second-order valence-corrected chi connectivity index (χ2v) is 4.72. The summed E-state index contributed by atoms with van der Waals surface area (Å²) < 4.78 is 0. The summed E-state index contributed by atoms with van der Waals surface area (Å²) in [4.78, 5) is 11.2. The fourth-order valence-corrected chi connectivity index (χ4v) is 2.00. The van der Waals surface area contributed by atoms with Gasteiger partial charge in [-0.15, -0.1) is 0 Å². The van der Waals surface area contributed by atoms with Gasteiger partial charge in [-0.1, -0.05) is 53.6 Å². The molecule has 0 aliphatic rings. The second-order valence-electron chi connectivity index (χ2n) is 4.28. The summed E-state index contributed by atoms with van der Waals surface area (Å²) in [6.07, 6.45) is 3.64. The summed E-state index contributed by atoms with van der Waals surface area (Å²) in [5, 5.41) is 9.83. The number of hydrogen-bond acceptors (Lipinski definition) is 1. The molecule has 3 heteroatoms. The Bertz CT molecular complexity index is 645. The van der Waals surface area contributed by atoms with Crippen LogP contribution in [0.1, 0.15) is 27.0 Å². The molecule has 0 bridgehead atoms. The summed E-state index contributed by atoms with van der Waals surface area (Å²) in [5.74, 6) is -0.922. The molecule has 0 saturated carbocycles. The Morgan fingerprint density at radius 3 is 2.63 bits per heavy atom. The molecule has 2 nitrogen and oxygen atoms in total. The van der Waals surface area contributed by atoms with E-state index < -0.39 is 5.97 Å². The minimum absolute atomic E-state index is 0.304. The van der Waals surface area contributed by atoms with Crippen LogP contribution in [0.3, 0.4) is 0 Å². The topological polar surface area (TPSA) is 37.3 Å². The van der Waals surface area contributed by atoms with Gasteiger partial charge in [-0.3, -0.25) is 0 Å². The first-order chi connectivity index (χ1) is 9.06. The van der Waals surface area contributed by atoms with Crippen molar-refractivity contribution in [2.45, 2.75) is 6.92 Å². The van der Waals surface area contributed by atoms with Gasteiger partial charge in [0.15, 0.2) is 0 Å². The highest BCUT2D eigenvalue weighted by Crippen LogP contribution is 2.17. The van der Waals surface area contributed by atoms with E-state index in [4.69, 9.17) is 11.6 Å². The molecular weight excluding hydrogens is 260 g/mol. The maximum absolute atomic E-state index is 11.2. The largest absolute Gasteiger partial charge is 0.478 e. The van der Waals surface area contributed by atoms with E-state index in [9.17, 15) is 9.90 Å². The monoisotopic (exact) mass is 272 g/mol. The maximum Gasteiger partial charge on any atom is 0.336 e. The smallest absolute Gasteiger partial charge is 0.336 e. The van der Waals surface area contributed by atoms with Crippen molar-refractivity contribution >= 4 is 29.7 Å². The molecule has 0 spiro atoms. The Morgan fingerprint density at radius 1 is 1.16 bits per heavy atom. The van der Waals surface area contributed by atoms with Crippen molar-refractivity contribution in [2.75, 3.05) is 0 Å². The standard InChI is InChI=1S/C16H13ClO2/c1-11-5-7-13(15(9-11)16(18)19)8-6-12-3-2-4-14(17)10-12/h2-10H,1H3,(H,18,19)/b8-6+. The van der Waals surface area contributed by atoms with Gasteiger partial charge in [0.2, 0.25) is 0 Å². The van der Waals surface area contributed by atoms with Crippen molar-refractivity contribution in [1.82, 2.24) is 0 Å². The molecule has 0 aromatic heterocycles. The zero-order valence-corrected chi connectivity index (χ0v) is 11.2. The van der Waals surface area contributed by atoms with Gasteiger partial charge in [0.25, 0.3) is 0 Å². The minimum Gasteiger partial charge on any atom is -0.478 e. The highest BCUT2D eigenvalue weighted by atomic mass is 35.5. The molecule has 2 aromatic rings. The van der Waals surface area contributed by atoms with Gasteiger partial charge < -0.3 is 5.11 Å². The van der Waals surface area contributed by atoms with Crippen LogP contribution in [0.25, 0.3) is 12.2 Å². The fraction of sp³-hybridized carbons (Fsp3) is 0.0625. The van der Waals surface area contributed by atoms with Crippen LogP contribution in [0.5, 0.6) is 0 Å². The molecule has 0 atom stereocenters. The van der Waals surface area contributed by atoms with Crippen LogP contribution in [0, 0.1) is 6.92 Å². The van der Waals surface area contributed by atoms with E-state index in [1.54, 1.807) is 24.3 Å². The van der Waals surface area contributed by atoms with E-state index in [0.717, 1.165) is 11.1 Å². The van der Waals surface area contributed by atoms with E-state index in [-0.39, 0.29) is 0 Å². The van der Waals surface area contributed by atoms with Crippen molar-refractivity contribution in [3.63, 3.8) is 0 Å². The zero-order valence-electron chi connectivity index (χ0n) is 10.4. The quantitative estimate of drug-likeness (QED) is 0.834. The van der Waals surface area contributed by atoms with Crippen molar-refractivity contribution < 1.29 is 9.90 Å². The third kappa shape index (κ3) is 3.46. The number of rotatable bonds is 3. The average Bonchev–Trinajstić information content (AvgIpc) is 2.37. The molecule has 96 valence electrons. The SMILES string of the molecule is Cc1ccc(/C=C/c2cccc(Cl)c2)c(C(=O)O)c1. The van der Waals surface area contributed by atoms with E-state index in [1.165, 1.54) is 0 Å². The predicted octanol–water partition coefficient (Wildman–Crippen LogP) is 4.52. The molecular formula is C16H13ClO2. The second kappa shape index (κ2) is 5.72. The predicted molar refractivity (Wildman–Crippen MR) is 78.5 cm³/mol. The minimum atomic E-state index is -0.922. The summed E-state index contributed by atoms with van der Waals surface area (Å²) in [7, 11) is 0. The number of aryl methyl sites for hydroxylation is 1. The Morgan fingerprint density at radius 2 is 1.95 bits per heavy atom. The first-order valence-electron chi connectivity index (χ1n) is 5.84. The number of carboxylic acids is 1. The molecule has 19 heavy (non-hydrogen) atoms. The Balaban J connectivity index is 2.35. The van der Waals surface area contributed by atoms with Crippen LogP contribution in [0.2, 0.25) is 5.02 Å². The lowest BCUT2D eigenvalue weighted by Gasteiger charge is -2.02. The molecule has 2 rings (SSSR count). The maximum atomic E-state index is 11.2. The van der Waals surface area contributed by atoms with Crippen molar-refractivity contribution in [1.29, 1.82) is 0 Å². The highest BCUT2D eigenvalue weighted by Gasteiger charge is 2.07. The summed E-state index contributed by atoms with van der Waals surface area (Å²) in [5.41, 5.74) is 2.85. The van der Waals surface area contributed by atoms with Gasteiger partial charge in [-0.05, 0) is 36.2 Å². The number of halogens is 1. The molecule has 0 aliphatic carbocycles. The molecule has 2 aromatic carbocycles. The van der Waals surface area contributed by atoms with E-state index in [1.807, 2.05) is 37.3 Å². The van der Waals surface area contributed by atoms with Gasteiger partial charge >= 0.3 is 5.97 Å². The molecule has 0 heterocycles. The number of benzene rings is 2. The highest BCUT2D eigenvalue weighted by molar-refractivity contribution is 6.30. The first kappa shape index (κ1) is 13.4.